The third-order valence-electron chi connectivity index (χ3n) is 4.60. The monoisotopic (exact) mass is 212 g/mol. The molecule has 0 amide bonds. The van der Waals surface area contributed by atoms with Crippen LogP contribution in [0.1, 0.15) is 38.5 Å². The van der Waals surface area contributed by atoms with Crippen molar-refractivity contribution in [3.05, 3.63) is 0 Å². The van der Waals surface area contributed by atoms with Crippen molar-refractivity contribution in [2.75, 3.05) is 0 Å². The highest BCUT2D eigenvalue weighted by Crippen LogP contribution is 2.59. The molecule has 15 heavy (non-hydrogen) atoms. The van der Waals surface area contributed by atoms with Crippen LogP contribution in [0.15, 0.2) is 0 Å². The second-order valence-corrected chi connectivity index (χ2v) is 5.19. The zero-order chi connectivity index (χ0) is 10.7. The van der Waals surface area contributed by atoms with E-state index in [9.17, 15) is 15.0 Å². The molecule has 0 radical (unpaired) electrons. The van der Waals surface area contributed by atoms with Crippen molar-refractivity contribution in [2.24, 2.45) is 5.41 Å². The average Bonchev–Trinajstić information content (AvgIpc) is 2.73. The highest BCUT2D eigenvalue weighted by Gasteiger charge is 2.68. The highest BCUT2D eigenvalue weighted by molar-refractivity contribution is 5.78. The lowest BCUT2D eigenvalue weighted by molar-refractivity contribution is -0.195. The number of aliphatic carboxylic acids is 1. The van der Waals surface area contributed by atoms with Crippen LogP contribution in [0.25, 0.3) is 0 Å². The topological polar surface area (TPSA) is 66.8 Å². The maximum Gasteiger partial charge on any atom is 0.315 e. The first-order valence-electron chi connectivity index (χ1n) is 5.70. The fraction of sp³-hybridized carbons (Fsp3) is 0.909. The summed E-state index contributed by atoms with van der Waals surface area (Å²) in [5, 5.41) is 19.8. The smallest absolute Gasteiger partial charge is 0.315 e. The van der Waals surface area contributed by atoms with E-state index in [1.807, 2.05) is 0 Å². The summed E-state index contributed by atoms with van der Waals surface area (Å²) >= 11 is 0. The van der Waals surface area contributed by atoms with E-state index in [4.69, 9.17) is 4.74 Å². The maximum absolute atomic E-state index is 11.5. The third-order valence-corrected chi connectivity index (χ3v) is 4.60. The second kappa shape index (κ2) is 2.74. The van der Waals surface area contributed by atoms with Gasteiger partial charge >= 0.3 is 5.97 Å². The summed E-state index contributed by atoms with van der Waals surface area (Å²) in [5.74, 6) is -0.864. The molecule has 4 heteroatoms. The molecule has 2 bridgehead atoms. The van der Waals surface area contributed by atoms with E-state index in [0.29, 0.717) is 19.3 Å². The zero-order valence-corrected chi connectivity index (χ0v) is 8.61. The Morgan fingerprint density at radius 1 is 1.33 bits per heavy atom. The zero-order valence-electron chi connectivity index (χ0n) is 8.61. The quantitative estimate of drug-likeness (QED) is 0.714. The van der Waals surface area contributed by atoms with Crippen LogP contribution in [-0.4, -0.2) is 34.0 Å². The van der Waals surface area contributed by atoms with Crippen LogP contribution in [0.3, 0.4) is 0 Å². The van der Waals surface area contributed by atoms with E-state index in [1.54, 1.807) is 0 Å². The van der Waals surface area contributed by atoms with Gasteiger partial charge in [0.1, 0.15) is 5.41 Å². The molecule has 2 aliphatic heterocycles. The minimum absolute atomic E-state index is 0.0655. The molecule has 1 aliphatic carbocycles. The number of carboxylic acids is 1. The van der Waals surface area contributed by atoms with Gasteiger partial charge in [-0.1, -0.05) is 0 Å². The van der Waals surface area contributed by atoms with E-state index in [-0.39, 0.29) is 12.2 Å². The van der Waals surface area contributed by atoms with Crippen molar-refractivity contribution >= 4 is 5.97 Å². The molecule has 3 fully saturated rings. The number of carboxylic acid groups (broad SMARTS) is 1. The van der Waals surface area contributed by atoms with E-state index in [0.717, 1.165) is 19.3 Å². The van der Waals surface area contributed by atoms with Crippen molar-refractivity contribution in [1.82, 2.24) is 0 Å². The van der Waals surface area contributed by atoms with Crippen LogP contribution in [0.2, 0.25) is 0 Å². The lowest BCUT2D eigenvalue weighted by atomic mass is 9.55. The van der Waals surface area contributed by atoms with Crippen molar-refractivity contribution in [2.45, 2.75) is 56.3 Å². The number of ether oxygens (including phenoxy) is 1. The van der Waals surface area contributed by atoms with Crippen LogP contribution in [0.5, 0.6) is 0 Å². The van der Waals surface area contributed by atoms with E-state index in [1.165, 1.54) is 0 Å². The largest absolute Gasteiger partial charge is 0.481 e. The van der Waals surface area contributed by atoms with Crippen molar-refractivity contribution in [3.8, 4) is 0 Å². The standard InChI is InChI=1S/C11H16O4/c12-9(13)11(10(14)4-1-5-10)6-7-2-3-8(11)15-7/h7-8,14H,1-6H2,(H,12,13). The Bertz CT molecular complexity index is 310. The minimum atomic E-state index is -1.01. The maximum atomic E-state index is 11.5. The molecule has 1 saturated carbocycles. The molecule has 3 unspecified atom stereocenters. The van der Waals surface area contributed by atoms with E-state index < -0.39 is 17.0 Å². The summed E-state index contributed by atoms with van der Waals surface area (Å²) in [6.45, 7) is 0. The predicted molar refractivity (Wildman–Crippen MR) is 51.4 cm³/mol. The Labute approximate surface area is 88.2 Å². The summed E-state index contributed by atoms with van der Waals surface area (Å²) in [7, 11) is 0. The molecule has 4 nitrogen and oxygen atoms in total. The van der Waals surface area contributed by atoms with Gasteiger partial charge in [-0.15, -0.1) is 0 Å². The molecular weight excluding hydrogens is 196 g/mol. The molecule has 2 heterocycles. The van der Waals surface area contributed by atoms with Gasteiger partial charge in [-0.3, -0.25) is 4.79 Å². The van der Waals surface area contributed by atoms with Crippen LogP contribution in [0, 0.1) is 5.41 Å². The highest BCUT2D eigenvalue weighted by atomic mass is 16.5. The molecule has 3 rings (SSSR count). The van der Waals surface area contributed by atoms with Crippen molar-refractivity contribution in [1.29, 1.82) is 0 Å². The Hall–Kier alpha value is -0.610. The van der Waals surface area contributed by atoms with Crippen LogP contribution < -0.4 is 0 Å². The first kappa shape index (κ1) is 9.60. The predicted octanol–water partition coefficient (Wildman–Crippen LogP) is 0.924. The molecule has 84 valence electrons. The summed E-state index contributed by atoms with van der Waals surface area (Å²) in [5.41, 5.74) is -2.01. The van der Waals surface area contributed by atoms with Crippen LogP contribution in [-0.2, 0) is 9.53 Å². The molecule has 2 N–H and O–H groups in total. The van der Waals surface area contributed by atoms with Crippen LogP contribution in [0.4, 0.5) is 0 Å². The molecule has 0 spiro atoms. The van der Waals surface area contributed by atoms with Gasteiger partial charge in [-0.25, -0.2) is 0 Å². The Morgan fingerprint density at radius 2 is 2.07 bits per heavy atom. The van der Waals surface area contributed by atoms with Gasteiger partial charge in [0.05, 0.1) is 17.8 Å². The number of hydrogen-bond acceptors (Lipinski definition) is 3. The first-order valence-corrected chi connectivity index (χ1v) is 5.70. The van der Waals surface area contributed by atoms with Gasteiger partial charge in [0, 0.05) is 0 Å². The summed E-state index contributed by atoms with van der Waals surface area (Å²) < 4.78 is 5.63. The molecule has 0 aromatic heterocycles. The normalized spacial score (nSPS) is 46.5. The molecule has 3 atom stereocenters. The van der Waals surface area contributed by atoms with Gasteiger partial charge in [0.15, 0.2) is 0 Å². The van der Waals surface area contributed by atoms with E-state index >= 15 is 0 Å². The second-order valence-electron chi connectivity index (χ2n) is 5.19. The van der Waals surface area contributed by atoms with Gasteiger partial charge < -0.3 is 14.9 Å². The number of fused-ring (bicyclic) bond motifs is 2. The SMILES string of the molecule is O=C(O)C1(C2(O)CCC2)CC2CCC1O2. The Kier molecular flexibility index (Phi) is 1.75. The lowest BCUT2D eigenvalue weighted by Crippen LogP contribution is -2.61. The first-order chi connectivity index (χ1) is 7.08. The summed E-state index contributed by atoms with van der Waals surface area (Å²) in [6, 6.07) is 0. The minimum Gasteiger partial charge on any atom is -0.481 e. The summed E-state index contributed by atoms with van der Waals surface area (Å²) in [4.78, 5) is 11.5. The Morgan fingerprint density at radius 3 is 2.40 bits per heavy atom. The van der Waals surface area contributed by atoms with Gasteiger partial charge in [0.25, 0.3) is 0 Å². The molecule has 0 aromatic carbocycles. The number of hydrogen-bond donors (Lipinski definition) is 2. The molecule has 2 saturated heterocycles. The number of carbonyl (C=O) groups is 1. The fourth-order valence-electron chi connectivity index (χ4n) is 3.58. The van der Waals surface area contributed by atoms with E-state index in [2.05, 4.69) is 0 Å². The van der Waals surface area contributed by atoms with Crippen molar-refractivity contribution < 1.29 is 19.7 Å². The number of aliphatic hydroxyl groups is 1. The van der Waals surface area contributed by atoms with Gasteiger partial charge in [-0.2, -0.15) is 0 Å². The molecule has 3 aliphatic rings. The molecular formula is C11H16O4. The summed E-state index contributed by atoms with van der Waals surface area (Å²) in [6.07, 6.45) is 4.22. The third kappa shape index (κ3) is 0.967. The van der Waals surface area contributed by atoms with Gasteiger partial charge in [-0.05, 0) is 38.5 Å². The number of rotatable bonds is 2. The Balaban J connectivity index is 2.00. The molecule has 0 aromatic rings. The average molecular weight is 212 g/mol. The van der Waals surface area contributed by atoms with Gasteiger partial charge in [0.2, 0.25) is 0 Å². The van der Waals surface area contributed by atoms with Crippen LogP contribution >= 0.6 is 0 Å². The fourth-order valence-corrected chi connectivity index (χ4v) is 3.58. The lowest BCUT2D eigenvalue weighted by Gasteiger charge is -2.50. The van der Waals surface area contributed by atoms with Crippen molar-refractivity contribution in [3.63, 3.8) is 0 Å².